The molecule has 1 aliphatic rings. The van der Waals surface area contributed by atoms with E-state index in [0.29, 0.717) is 19.3 Å². The molecular formula is C24H20O2. The molecule has 3 rings (SSSR count). The Labute approximate surface area is 154 Å². The zero-order valence-corrected chi connectivity index (χ0v) is 14.6. The predicted molar refractivity (Wildman–Crippen MR) is 102 cm³/mol. The lowest BCUT2D eigenvalue weighted by Crippen LogP contribution is -2.42. The standard InChI is InChI=1S/C24H20O2/c25-22-16-7-17-23(26)24(22,18-8-14-20-10-3-1-4-11-20)19-9-15-21-12-5-2-6-13-21/h1-6,10-13H,7,16-19H2. The number of carbonyl (C=O) groups is 2. The smallest absolute Gasteiger partial charge is 0.148 e. The summed E-state index contributed by atoms with van der Waals surface area (Å²) >= 11 is 0. The van der Waals surface area contributed by atoms with E-state index in [0.717, 1.165) is 11.1 Å². The highest BCUT2D eigenvalue weighted by molar-refractivity contribution is 6.09. The van der Waals surface area contributed by atoms with Gasteiger partial charge in [-0.2, -0.15) is 0 Å². The molecule has 0 radical (unpaired) electrons. The minimum atomic E-state index is -1.07. The van der Waals surface area contributed by atoms with E-state index in [1.165, 1.54) is 0 Å². The number of benzene rings is 2. The molecule has 26 heavy (non-hydrogen) atoms. The first-order valence-electron chi connectivity index (χ1n) is 8.85. The number of hydrogen-bond acceptors (Lipinski definition) is 2. The van der Waals surface area contributed by atoms with E-state index in [9.17, 15) is 9.59 Å². The van der Waals surface area contributed by atoms with Gasteiger partial charge in [-0.05, 0) is 30.7 Å². The van der Waals surface area contributed by atoms with Gasteiger partial charge in [-0.25, -0.2) is 0 Å². The van der Waals surface area contributed by atoms with Crippen molar-refractivity contribution < 1.29 is 9.59 Å². The van der Waals surface area contributed by atoms with Crippen molar-refractivity contribution in [3.8, 4) is 23.7 Å². The van der Waals surface area contributed by atoms with Gasteiger partial charge in [0, 0.05) is 36.8 Å². The fraction of sp³-hybridized carbons (Fsp3) is 0.250. The highest BCUT2D eigenvalue weighted by Crippen LogP contribution is 2.36. The topological polar surface area (TPSA) is 34.1 Å². The van der Waals surface area contributed by atoms with Crippen molar-refractivity contribution in [1.82, 2.24) is 0 Å². The Balaban J connectivity index is 1.83. The van der Waals surface area contributed by atoms with Crippen LogP contribution in [0.1, 0.15) is 43.2 Å². The number of Topliss-reactive ketones (excluding diaryl/α,β-unsaturated/α-hetero) is 2. The summed E-state index contributed by atoms with van der Waals surface area (Å²) in [6.07, 6.45) is 1.99. The average molecular weight is 340 g/mol. The van der Waals surface area contributed by atoms with Crippen LogP contribution >= 0.6 is 0 Å². The maximum Gasteiger partial charge on any atom is 0.148 e. The molecule has 1 saturated carbocycles. The Morgan fingerprint density at radius 2 is 1.12 bits per heavy atom. The molecule has 2 aromatic rings. The lowest BCUT2D eigenvalue weighted by molar-refractivity contribution is -0.143. The van der Waals surface area contributed by atoms with E-state index >= 15 is 0 Å². The maximum absolute atomic E-state index is 12.7. The Morgan fingerprint density at radius 3 is 1.54 bits per heavy atom. The van der Waals surface area contributed by atoms with Crippen LogP contribution < -0.4 is 0 Å². The van der Waals surface area contributed by atoms with E-state index in [1.807, 2.05) is 60.7 Å². The summed E-state index contributed by atoms with van der Waals surface area (Å²) in [4.78, 5) is 25.3. The van der Waals surface area contributed by atoms with E-state index < -0.39 is 5.41 Å². The third kappa shape index (κ3) is 4.11. The van der Waals surface area contributed by atoms with Crippen LogP contribution in [-0.2, 0) is 9.59 Å². The highest BCUT2D eigenvalue weighted by Gasteiger charge is 2.45. The van der Waals surface area contributed by atoms with Gasteiger partial charge in [-0.1, -0.05) is 60.1 Å². The van der Waals surface area contributed by atoms with Crippen molar-refractivity contribution >= 4 is 11.6 Å². The van der Waals surface area contributed by atoms with E-state index in [-0.39, 0.29) is 24.4 Å². The number of rotatable bonds is 2. The molecule has 0 heterocycles. The van der Waals surface area contributed by atoms with Gasteiger partial charge >= 0.3 is 0 Å². The molecule has 1 fully saturated rings. The van der Waals surface area contributed by atoms with E-state index in [1.54, 1.807) is 0 Å². The van der Waals surface area contributed by atoms with Crippen molar-refractivity contribution in [2.75, 3.05) is 0 Å². The molecule has 1 aliphatic carbocycles. The van der Waals surface area contributed by atoms with Gasteiger partial charge in [0.25, 0.3) is 0 Å². The van der Waals surface area contributed by atoms with Gasteiger partial charge in [0.15, 0.2) is 0 Å². The van der Waals surface area contributed by atoms with Crippen molar-refractivity contribution in [2.24, 2.45) is 5.41 Å². The minimum Gasteiger partial charge on any atom is -0.299 e. The molecule has 0 spiro atoms. The fourth-order valence-electron chi connectivity index (χ4n) is 3.14. The van der Waals surface area contributed by atoms with Crippen LogP contribution in [-0.4, -0.2) is 11.6 Å². The second kappa shape index (κ2) is 8.32. The van der Waals surface area contributed by atoms with Crippen molar-refractivity contribution in [1.29, 1.82) is 0 Å². The van der Waals surface area contributed by atoms with Crippen LogP contribution in [0.25, 0.3) is 0 Å². The normalized spacial score (nSPS) is 15.4. The molecule has 2 aromatic carbocycles. The summed E-state index contributed by atoms with van der Waals surface area (Å²) in [7, 11) is 0. The second-order valence-electron chi connectivity index (χ2n) is 6.47. The second-order valence-corrected chi connectivity index (χ2v) is 6.47. The number of hydrogen-bond donors (Lipinski definition) is 0. The molecule has 0 N–H and O–H groups in total. The molecule has 128 valence electrons. The first kappa shape index (κ1) is 17.7. The largest absolute Gasteiger partial charge is 0.299 e. The minimum absolute atomic E-state index is 0.0153. The monoisotopic (exact) mass is 340 g/mol. The van der Waals surface area contributed by atoms with Gasteiger partial charge < -0.3 is 0 Å². The lowest BCUT2D eigenvalue weighted by atomic mass is 9.68. The summed E-state index contributed by atoms with van der Waals surface area (Å²) in [6.45, 7) is 0. The highest BCUT2D eigenvalue weighted by atomic mass is 16.2. The number of ketones is 2. The Kier molecular flexibility index (Phi) is 5.67. The number of carbonyl (C=O) groups excluding carboxylic acids is 2. The molecule has 0 saturated heterocycles. The Hall–Kier alpha value is -3.10. The van der Waals surface area contributed by atoms with Gasteiger partial charge in [0.05, 0.1) is 0 Å². The molecule has 0 aromatic heterocycles. The summed E-state index contributed by atoms with van der Waals surface area (Å²) < 4.78 is 0. The molecular weight excluding hydrogens is 320 g/mol. The van der Waals surface area contributed by atoms with Crippen LogP contribution in [0.3, 0.4) is 0 Å². The third-order valence-electron chi connectivity index (χ3n) is 4.67. The van der Waals surface area contributed by atoms with Crippen LogP contribution in [0.5, 0.6) is 0 Å². The van der Waals surface area contributed by atoms with E-state index in [2.05, 4.69) is 23.7 Å². The zero-order chi connectivity index (χ0) is 18.2. The lowest BCUT2D eigenvalue weighted by Gasteiger charge is -2.31. The van der Waals surface area contributed by atoms with Crippen LogP contribution in [0, 0.1) is 29.1 Å². The predicted octanol–water partition coefficient (Wildman–Crippen LogP) is 4.18. The van der Waals surface area contributed by atoms with Gasteiger partial charge in [-0.3, -0.25) is 9.59 Å². The van der Waals surface area contributed by atoms with E-state index in [4.69, 9.17) is 0 Å². The summed E-state index contributed by atoms with van der Waals surface area (Å²) in [5, 5.41) is 0. The molecule has 0 atom stereocenters. The summed E-state index contributed by atoms with van der Waals surface area (Å²) in [6, 6.07) is 19.2. The first-order valence-corrected chi connectivity index (χ1v) is 8.85. The average Bonchev–Trinajstić information content (AvgIpc) is 2.67. The molecule has 0 bridgehead atoms. The Bertz CT molecular complexity index is 825. The first-order chi connectivity index (χ1) is 12.7. The maximum atomic E-state index is 12.7. The zero-order valence-electron chi connectivity index (χ0n) is 14.6. The Morgan fingerprint density at radius 1 is 0.692 bits per heavy atom. The van der Waals surface area contributed by atoms with Crippen LogP contribution in [0.4, 0.5) is 0 Å². The third-order valence-corrected chi connectivity index (χ3v) is 4.67. The SMILES string of the molecule is O=C1CCCC(=O)C1(CC#Cc1ccccc1)CC#Cc1ccccc1. The fourth-order valence-corrected chi connectivity index (χ4v) is 3.14. The molecule has 0 unspecified atom stereocenters. The van der Waals surface area contributed by atoms with Crippen molar-refractivity contribution in [3.05, 3.63) is 71.8 Å². The summed E-state index contributed by atoms with van der Waals surface area (Å²) in [5.74, 6) is 12.2. The molecule has 2 heteroatoms. The van der Waals surface area contributed by atoms with Gasteiger partial charge in [0.1, 0.15) is 17.0 Å². The van der Waals surface area contributed by atoms with Crippen LogP contribution in [0.2, 0.25) is 0 Å². The molecule has 2 nitrogen and oxygen atoms in total. The van der Waals surface area contributed by atoms with Crippen molar-refractivity contribution in [3.63, 3.8) is 0 Å². The summed E-state index contributed by atoms with van der Waals surface area (Å²) in [5.41, 5.74) is 0.699. The molecule has 0 aliphatic heterocycles. The van der Waals surface area contributed by atoms with Crippen LogP contribution in [0.15, 0.2) is 60.7 Å². The van der Waals surface area contributed by atoms with Gasteiger partial charge in [-0.15, -0.1) is 0 Å². The van der Waals surface area contributed by atoms with Gasteiger partial charge in [0.2, 0.25) is 0 Å². The molecule has 0 amide bonds. The quantitative estimate of drug-likeness (QED) is 0.607. The van der Waals surface area contributed by atoms with Crippen molar-refractivity contribution in [2.45, 2.75) is 32.1 Å².